The number of hydrogen-bond acceptors (Lipinski definition) is 4. The first kappa shape index (κ1) is 12.8. The SMILES string of the molecule is C[C@@H]1CN=C2N=C(N)NC(=O)[C@]2(Cc2ccccc2)C1. The smallest absolute Gasteiger partial charge is 0.240 e. The normalized spacial score (nSPS) is 29.1. The minimum absolute atomic E-state index is 0.0841. The third-order valence-corrected chi connectivity index (χ3v) is 3.93. The lowest BCUT2D eigenvalue weighted by Crippen LogP contribution is -2.57. The number of guanidine groups is 1. The Bertz CT molecular complexity index is 593. The van der Waals surface area contributed by atoms with Gasteiger partial charge < -0.3 is 5.73 Å². The molecule has 1 aromatic rings. The van der Waals surface area contributed by atoms with Gasteiger partial charge in [0.15, 0.2) is 0 Å². The summed E-state index contributed by atoms with van der Waals surface area (Å²) in [7, 11) is 0. The van der Waals surface area contributed by atoms with Crippen molar-refractivity contribution in [2.45, 2.75) is 19.8 Å². The molecule has 0 spiro atoms. The minimum Gasteiger partial charge on any atom is -0.369 e. The number of fused-ring (bicyclic) bond motifs is 1. The van der Waals surface area contributed by atoms with E-state index in [0.29, 0.717) is 24.7 Å². The van der Waals surface area contributed by atoms with Gasteiger partial charge in [-0.15, -0.1) is 0 Å². The Kier molecular flexibility index (Phi) is 3.04. The molecule has 2 heterocycles. The Labute approximate surface area is 118 Å². The highest BCUT2D eigenvalue weighted by Gasteiger charge is 2.49. The van der Waals surface area contributed by atoms with Crippen LogP contribution in [-0.2, 0) is 11.2 Å². The molecule has 2 aliphatic heterocycles. The summed E-state index contributed by atoms with van der Waals surface area (Å²) in [5, 5.41) is 2.67. The fraction of sp³-hybridized carbons (Fsp3) is 0.400. The molecule has 20 heavy (non-hydrogen) atoms. The molecule has 1 amide bonds. The number of aliphatic imine (C=N–C) groups is 2. The second kappa shape index (κ2) is 4.74. The van der Waals surface area contributed by atoms with Gasteiger partial charge >= 0.3 is 0 Å². The van der Waals surface area contributed by atoms with Crippen LogP contribution < -0.4 is 11.1 Å². The van der Waals surface area contributed by atoms with Crippen molar-refractivity contribution in [3.8, 4) is 0 Å². The average molecular weight is 270 g/mol. The number of amidine groups is 1. The quantitative estimate of drug-likeness (QED) is 0.844. The van der Waals surface area contributed by atoms with Crippen molar-refractivity contribution in [2.75, 3.05) is 6.54 Å². The Hall–Kier alpha value is -2.17. The molecule has 3 rings (SSSR count). The number of nitrogens with one attached hydrogen (secondary N) is 1. The van der Waals surface area contributed by atoms with Crippen LogP contribution in [0, 0.1) is 11.3 Å². The lowest BCUT2D eigenvalue weighted by atomic mass is 9.71. The summed E-state index contributed by atoms with van der Waals surface area (Å²) in [5.74, 6) is 1.01. The fourth-order valence-corrected chi connectivity index (χ4v) is 3.03. The predicted octanol–water partition coefficient (Wildman–Crippen LogP) is 1.10. The monoisotopic (exact) mass is 270 g/mol. The third-order valence-electron chi connectivity index (χ3n) is 3.93. The topological polar surface area (TPSA) is 79.8 Å². The Morgan fingerprint density at radius 3 is 2.90 bits per heavy atom. The summed E-state index contributed by atoms with van der Waals surface area (Å²) in [6.07, 6.45) is 1.36. The minimum atomic E-state index is -0.679. The number of hydrogen-bond donors (Lipinski definition) is 2. The van der Waals surface area contributed by atoms with E-state index >= 15 is 0 Å². The van der Waals surface area contributed by atoms with Crippen LogP contribution in [0.2, 0.25) is 0 Å². The van der Waals surface area contributed by atoms with Crippen LogP contribution in [0.1, 0.15) is 18.9 Å². The van der Waals surface area contributed by atoms with Gasteiger partial charge in [0.05, 0.1) is 0 Å². The molecule has 5 nitrogen and oxygen atoms in total. The van der Waals surface area contributed by atoms with Crippen LogP contribution in [0.5, 0.6) is 0 Å². The first-order valence-electron chi connectivity index (χ1n) is 6.85. The van der Waals surface area contributed by atoms with Gasteiger partial charge in [0.2, 0.25) is 11.9 Å². The number of amides is 1. The van der Waals surface area contributed by atoms with Crippen molar-refractivity contribution in [2.24, 2.45) is 27.1 Å². The van der Waals surface area contributed by atoms with Gasteiger partial charge in [-0.3, -0.25) is 15.1 Å². The Morgan fingerprint density at radius 2 is 2.15 bits per heavy atom. The van der Waals surface area contributed by atoms with Crippen molar-refractivity contribution >= 4 is 17.7 Å². The predicted molar refractivity (Wildman–Crippen MR) is 78.4 cm³/mol. The van der Waals surface area contributed by atoms with Crippen molar-refractivity contribution < 1.29 is 4.79 Å². The number of nitrogens with zero attached hydrogens (tertiary/aromatic N) is 2. The van der Waals surface area contributed by atoms with Crippen molar-refractivity contribution in [3.63, 3.8) is 0 Å². The van der Waals surface area contributed by atoms with E-state index in [1.54, 1.807) is 0 Å². The highest BCUT2D eigenvalue weighted by molar-refractivity contribution is 6.20. The summed E-state index contributed by atoms with van der Waals surface area (Å²) in [4.78, 5) is 21.3. The second-order valence-electron chi connectivity index (χ2n) is 5.67. The molecule has 0 aromatic heterocycles. The van der Waals surface area contributed by atoms with Gasteiger partial charge in [-0.25, -0.2) is 0 Å². The standard InChI is InChI=1S/C15H18N4O/c1-10-7-15(8-11-5-3-2-4-6-11)12(17-9-10)18-14(16)19-13(15)20/h2-6,10H,7-9H2,1H3,(H3,16,17,18,19,20)/t10-,15-/m0/s1. The molecule has 0 aliphatic carbocycles. The molecule has 3 N–H and O–H groups in total. The number of carbonyl (C=O) groups is 1. The van der Waals surface area contributed by atoms with Crippen molar-refractivity contribution in [1.82, 2.24) is 5.32 Å². The number of benzene rings is 1. The first-order chi connectivity index (χ1) is 9.60. The highest BCUT2D eigenvalue weighted by atomic mass is 16.2. The van der Waals surface area contributed by atoms with Gasteiger partial charge in [-0.1, -0.05) is 37.3 Å². The molecule has 2 atom stereocenters. The molecule has 0 bridgehead atoms. The van der Waals surface area contributed by atoms with Gasteiger partial charge in [0, 0.05) is 6.54 Å². The maximum absolute atomic E-state index is 12.6. The van der Waals surface area contributed by atoms with E-state index in [9.17, 15) is 4.79 Å². The van der Waals surface area contributed by atoms with Gasteiger partial charge in [0.25, 0.3) is 0 Å². The van der Waals surface area contributed by atoms with E-state index in [1.807, 2.05) is 30.3 Å². The first-order valence-corrected chi connectivity index (χ1v) is 6.85. The van der Waals surface area contributed by atoms with Crippen LogP contribution in [0.15, 0.2) is 40.3 Å². The molecule has 0 radical (unpaired) electrons. The molecule has 0 unspecified atom stereocenters. The molecule has 1 aromatic carbocycles. The second-order valence-corrected chi connectivity index (χ2v) is 5.67. The summed E-state index contributed by atoms with van der Waals surface area (Å²) in [6.45, 7) is 2.82. The van der Waals surface area contributed by atoms with E-state index in [4.69, 9.17) is 5.73 Å². The van der Waals surface area contributed by atoms with Crippen LogP contribution in [0.3, 0.4) is 0 Å². The Morgan fingerprint density at radius 1 is 1.40 bits per heavy atom. The number of nitrogens with two attached hydrogens (primary N) is 1. The van der Waals surface area contributed by atoms with Crippen LogP contribution in [0.25, 0.3) is 0 Å². The summed E-state index contributed by atoms with van der Waals surface area (Å²) in [5.41, 5.74) is 6.09. The Balaban J connectivity index is 2.04. The van der Waals surface area contributed by atoms with Crippen LogP contribution >= 0.6 is 0 Å². The summed E-state index contributed by atoms with van der Waals surface area (Å²) >= 11 is 0. The maximum Gasteiger partial charge on any atom is 0.240 e. The number of carbonyl (C=O) groups excluding carboxylic acids is 1. The molecule has 5 heteroatoms. The molecular weight excluding hydrogens is 252 g/mol. The van der Waals surface area contributed by atoms with E-state index < -0.39 is 5.41 Å². The van der Waals surface area contributed by atoms with Crippen LogP contribution in [0.4, 0.5) is 0 Å². The van der Waals surface area contributed by atoms with Gasteiger partial charge in [-0.05, 0) is 24.3 Å². The zero-order chi connectivity index (χ0) is 14.2. The lowest BCUT2D eigenvalue weighted by Gasteiger charge is -2.39. The van der Waals surface area contributed by atoms with Gasteiger partial charge in [-0.2, -0.15) is 4.99 Å². The molecule has 104 valence electrons. The molecule has 0 saturated carbocycles. The van der Waals surface area contributed by atoms with Gasteiger partial charge in [0.1, 0.15) is 11.3 Å². The summed E-state index contributed by atoms with van der Waals surface area (Å²) < 4.78 is 0. The van der Waals surface area contributed by atoms with E-state index in [1.165, 1.54) is 0 Å². The molecule has 0 fully saturated rings. The fourth-order valence-electron chi connectivity index (χ4n) is 3.03. The molecular formula is C15H18N4O. The third kappa shape index (κ3) is 2.09. The zero-order valence-corrected chi connectivity index (χ0v) is 11.5. The zero-order valence-electron chi connectivity index (χ0n) is 11.5. The average Bonchev–Trinajstić information content (AvgIpc) is 2.42. The largest absolute Gasteiger partial charge is 0.369 e. The molecule has 0 saturated heterocycles. The summed E-state index contributed by atoms with van der Waals surface area (Å²) in [6, 6.07) is 9.98. The van der Waals surface area contributed by atoms with E-state index in [2.05, 4.69) is 22.2 Å². The van der Waals surface area contributed by atoms with Crippen molar-refractivity contribution in [1.29, 1.82) is 0 Å². The molecule has 2 aliphatic rings. The highest BCUT2D eigenvalue weighted by Crippen LogP contribution is 2.38. The van der Waals surface area contributed by atoms with Crippen LogP contribution in [-0.4, -0.2) is 24.2 Å². The van der Waals surface area contributed by atoms with E-state index in [-0.39, 0.29) is 11.9 Å². The van der Waals surface area contributed by atoms with E-state index in [0.717, 1.165) is 12.0 Å². The van der Waals surface area contributed by atoms with Crippen molar-refractivity contribution in [3.05, 3.63) is 35.9 Å². The maximum atomic E-state index is 12.6. The lowest BCUT2D eigenvalue weighted by molar-refractivity contribution is -0.127. The number of rotatable bonds is 2.